The number of hydrogen-bond donors (Lipinski definition) is 3. The van der Waals surface area contributed by atoms with E-state index < -0.39 is 17.8 Å². The van der Waals surface area contributed by atoms with Crippen LogP contribution in [0.4, 0.5) is 0 Å². The molecule has 1 atom stereocenters. The normalized spacial score (nSPS) is 11.8. The van der Waals surface area contributed by atoms with Gasteiger partial charge in [-0.05, 0) is 35.4 Å². The van der Waals surface area contributed by atoms with E-state index >= 15 is 0 Å². The predicted molar refractivity (Wildman–Crippen MR) is 101 cm³/mol. The van der Waals surface area contributed by atoms with Gasteiger partial charge in [0.1, 0.15) is 18.4 Å². The highest BCUT2D eigenvalue weighted by molar-refractivity contribution is 5.73. The lowest BCUT2D eigenvalue weighted by molar-refractivity contribution is -0.661. The fourth-order valence-electron chi connectivity index (χ4n) is 2.94. The summed E-state index contributed by atoms with van der Waals surface area (Å²) in [5.41, 5.74) is 2.97. The molecule has 3 aromatic rings. The summed E-state index contributed by atoms with van der Waals surface area (Å²) in [7, 11) is 1.64. The van der Waals surface area contributed by atoms with Gasteiger partial charge in [0.25, 0.3) is 0 Å². The Bertz CT molecular complexity index is 1010. The van der Waals surface area contributed by atoms with Gasteiger partial charge < -0.3 is 37.1 Å². The van der Waals surface area contributed by atoms with Crippen LogP contribution in [0.2, 0.25) is 0 Å². The first-order valence-electron chi connectivity index (χ1n) is 8.97. The monoisotopic (exact) mass is 422 g/mol. The lowest BCUT2D eigenvalue weighted by Crippen LogP contribution is -3.00. The lowest BCUT2D eigenvalue weighted by atomic mass is 10.1. The molecule has 1 heterocycles. The van der Waals surface area contributed by atoms with Crippen LogP contribution in [0.1, 0.15) is 17.2 Å². The molecular formula is C20H23ClN2O6. The second-order valence-electron chi connectivity index (χ2n) is 6.56. The average molecular weight is 423 g/mol. The Morgan fingerprint density at radius 3 is 2.66 bits per heavy atom. The van der Waals surface area contributed by atoms with Crippen molar-refractivity contribution in [3.63, 3.8) is 0 Å². The molecule has 0 aliphatic rings. The molecule has 0 aliphatic heterocycles. The summed E-state index contributed by atoms with van der Waals surface area (Å²) in [4.78, 5) is 22.0. The van der Waals surface area contributed by atoms with Crippen LogP contribution in [0.3, 0.4) is 0 Å². The molecule has 3 rings (SSSR count). The van der Waals surface area contributed by atoms with Gasteiger partial charge in [-0.1, -0.05) is 18.2 Å². The quantitative estimate of drug-likeness (QED) is 0.326. The Labute approximate surface area is 173 Å². The summed E-state index contributed by atoms with van der Waals surface area (Å²) in [5.74, 6) is -0.910. The average Bonchev–Trinajstić information content (AvgIpc) is 2.97. The maximum absolute atomic E-state index is 11.5. The number of halogens is 1. The van der Waals surface area contributed by atoms with Crippen molar-refractivity contribution in [2.75, 3.05) is 19.7 Å². The van der Waals surface area contributed by atoms with E-state index in [4.69, 9.17) is 14.3 Å². The van der Waals surface area contributed by atoms with Gasteiger partial charge in [-0.3, -0.25) is 4.57 Å². The summed E-state index contributed by atoms with van der Waals surface area (Å²) in [6.45, 7) is 0.917. The zero-order chi connectivity index (χ0) is 20.1. The van der Waals surface area contributed by atoms with Crippen LogP contribution < -0.4 is 28.2 Å². The molecular weight excluding hydrogens is 400 g/mol. The number of nitrogens with two attached hydrogens (primary N) is 1. The van der Waals surface area contributed by atoms with Crippen LogP contribution in [0.25, 0.3) is 11.1 Å². The Balaban J connectivity index is 0.00000300. The third-order valence-electron chi connectivity index (χ3n) is 4.51. The summed E-state index contributed by atoms with van der Waals surface area (Å²) in [5, 5.41) is 21.0. The number of hydrogen-bond acceptors (Lipinski definition) is 5. The number of fused-ring (bicyclic) bond motifs is 1. The number of carboxylic acid groups (broad SMARTS) is 1. The van der Waals surface area contributed by atoms with Gasteiger partial charge >= 0.3 is 11.7 Å². The number of rotatable bonds is 9. The van der Waals surface area contributed by atoms with Crippen molar-refractivity contribution >= 4 is 17.1 Å². The van der Waals surface area contributed by atoms with Crippen molar-refractivity contribution in [3.05, 3.63) is 64.1 Å². The van der Waals surface area contributed by atoms with Crippen molar-refractivity contribution in [1.82, 2.24) is 4.57 Å². The van der Waals surface area contributed by atoms with E-state index in [-0.39, 0.29) is 19.0 Å². The number of oxazole rings is 1. The highest BCUT2D eigenvalue weighted by Gasteiger charge is 2.13. The molecule has 0 aliphatic carbocycles. The van der Waals surface area contributed by atoms with E-state index in [1.165, 1.54) is 4.57 Å². The topological polar surface area (TPSA) is 119 Å². The van der Waals surface area contributed by atoms with Gasteiger partial charge in [-0.15, -0.1) is 0 Å². The number of benzene rings is 2. The second-order valence-corrected chi connectivity index (χ2v) is 6.56. The maximum atomic E-state index is 11.5. The van der Waals surface area contributed by atoms with Gasteiger partial charge in [-0.2, -0.15) is 0 Å². The third kappa shape index (κ3) is 5.83. The first-order chi connectivity index (χ1) is 13.4. The van der Waals surface area contributed by atoms with Crippen LogP contribution in [0.15, 0.2) is 51.7 Å². The largest absolute Gasteiger partial charge is 1.00 e. The Kier molecular flexibility index (Phi) is 7.83. The molecule has 0 saturated heterocycles. The molecule has 1 unspecified atom stereocenters. The number of aromatic nitrogens is 1. The fourth-order valence-corrected chi connectivity index (χ4v) is 2.94. The summed E-state index contributed by atoms with van der Waals surface area (Å²) in [6.07, 6.45) is 0.139. The molecule has 4 N–H and O–H groups in total. The molecule has 1 aromatic heterocycles. The van der Waals surface area contributed by atoms with Crippen LogP contribution >= 0.6 is 0 Å². The summed E-state index contributed by atoms with van der Waals surface area (Å²) in [6, 6.07) is 12.6. The number of aryl methyl sites for hydroxylation is 1. The van der Waals surface area contributed by atoms with Crippen molar-refractivity contribution in [3.8, 4) is 5.75 Å². The van der Waals surface area contributed by atoms with Gasteiger partial charge in [-0.25, -0.2) is 9.59 Å². The second kappa shape index (κ2) is 10.1. The van der Waals surface area contributed by atoms with E-state index in [1.54, 1.807) is 37.4 Å². The van der Waals surface area contributed by atoms with Crippen molar-refractivity contribution in [2.24, 2.45) is 7.05 Å². The summed E-state index contributed by atoms with van der Waals surface area (Å²) < 4.78 is 11.7. The molecule has 0 saturated carbocycles. The van der Waals surface area contributed by atoms with Crippen LogP contribution in [-0.2, 0) is 18.3 Å². The van der Waals surface area contributed by atoms with E-state index in [9.17, 15) is 14.7 Å². The lowest BCUT2D eigenvalue weighted by Gasteiger charge is -2.10. The first kappa shape index (κ1) is 22.5. The van der Waals surface area contributed by atoms with Gasteiger partial charge in [0.2, 0.25) is 0 Å². The van der Waals surface area contributed by atoms with E-state index in [0.717, 1.165) is 18.5 Å². The molecule has 8 nitrogen and oxygen atoms in total. The van der Waals surface area contributed by atoms with Crippen molar-refractivity contribution in [1.29, 1.82) is 0 Å². The Morgan fingerprint density at radius 1 is 1.24 bits per heavy atom. The number of carboxylic acids is 1. The third-order valence-corrected chi connectivity index (χ3v) is 4.51. The minimum Gasteiger partial charge on any atom is -1.00 e. The maximum Gasteiger partial charge on any atom is 0.419 e. The highest BCUT2D eigenvalue weighted by atomic mass is 35.5. The molecule has 9 heteroatoms. The number of carbonyl (C=O) groups is 1. The molecule has 2 aromatic carbocycles. The van der Waals surface area contributed by atoms with Crippen molar-refractivity contribution in [2.45, 2.75) is 12.5 Å². The van der Waals surface area contributed by atoms with Crippen LogP contribution in [-0.4, -0.2) is 40.4 Å². The first-order valence-corrected chi connectivity index (χ1v) is 8.97. The number of aliphatic hydroxyl groups is 1. The molecule has 0 amide bonds. The molecule has 156 valence electrons. The minimum absolute atomic E-state index is 0. The number of ether oxygens (including phenoxy) is 1. The van der Waals surface area contributed by atoms with Gasteiger partial charge in [0, 0.05) is 13.5 Å². The SMILES string of the molecule is Cn1c(=O)oc2cc(C(O)C[NH2+]CCc3ccc(OCC(=O)O)cc3)ccc21.[Cl-]. The molecule has 0 spiro atoms. The van der Waals surface area contributed by atoms with Crippen LogP contribution in [0, 0.1) is 0 Å². The number of nitrogens with zero attached hydrogens (tertiary/aromatic N) is 1. The number of quaternary nitrogens is 1. The smallest absolute Gasteiger partial charge is 0.419 e. The Morgan fingerprint density at radius 2 is 1.97 bits per heavy atom. The van der Waals surface area contributed by atoms with Crippen molar-refractivity contribution < 1.29 is 41.9 Å². The van der Waals surface area contributed by atoms with E-state index in [0.29, 0.717) is 29.0 Å². The van der Waals surface area contributed by atoms with Crippen LogP contribution in [0.5, 0.6) is 5.75 Å². The highest BCUT2D eigenvalue weighted by Crippen LogP contribution is 2.18. The molecule has 0 fully saturated rings. The zero-order valence-corrected chi connectivity index (χ0v) is 16.6. The number of aliphatic hydroxyl groups excluding tert-OH is 1. The zero-order valence-electron chi connectivity index (χ0n) is 15.9. The molecule has 29 heavy (non-hydrogen) atoms. The fraction of sp³-hybridized carbons (Fsp3) is 0.300. The van der Waals surface area contributed by atoms with Gasteiger partial charge in [0.05, 0.1) is 12.1 Å². The van der Waals surface area contributed by atoms with E-state index in [1.807, 2.05) is 17.4 Å². The standard InChI is InChI=1S/C20H22N2O6.ClH/c1-22-16-7-4-14(10-18(16)28-20(22)26)17(23)11-21-9-8-13-2-5-15(6-3-13)27-12-19(24)25;/h2-7,10,17,21,23H,8-9,11-12H2,1H3,(H,24,25);1H. The molecule has 0 radical (unpaired) electrons. The number of aliphatic carboxylic acids is 1. The predicted octanol–water partition coefficient (Wildman–Crippen LogP) is -2.56. The summed E-state index contributed by atoms with van der Waals surface area (Å²) >= 11 is 0. The minimum atomic E-state index is -1.01. The Hall–Kier alpha value is -2.81. The molecule has 0 bridgehead atoms. The van der Waals surface area contributed by atoms with E-state index in [2.05, 4.69) is 0 Å². The van der Waals surface area contributed by atoms with Gasteiger partial charge in [0.15, 0.2) is 12.2 Å².